The number of nitriles is 1. The second kappa shape index (κ2) is 9.61. The Hall–Kier alpha value is -3.26. The number of hydrogen-bond donors (Lipinski definition) is 2. The maximum atomic E-state index is 12.6. The lowest BCUT2D eigenvalue weighted by atomic mass is 10.0. The van der Waals surface area contributed by atoms with Gasteiger partial charge in [0.2, 0.25) is 0 Å². The molecule has 146 valence electrons. The Morgan fingerprint density at radius 2 is 1.89 bits per heavy atom. The molecule has 0 spiro atoms. The molecule has 2 N–H and O–H groups in total. The third-order valence-corrected chi connectivity index (χ3v) is 4.49. The van der Waals surface area contributed by atoms with Crippen molar-refractivity contribution in [2.75, 3.05) is 11.9 Å². The van der Waals surface area contributed by atoms with Gasteiger partial charge in [-0.1, -0.05) is 35.9 Å². The predicted octanol–water partition coefficient (Wildman–Crippen LogP) is 4.71. The van der Waals surface area contributed by atoms with Crippen LogP contribution in [0.4, 0.5) is 5.69 Å². The number of rotatable bonds is 7. The average molecular weight is 377 g/mol. The van der Waals surface area contributed by atoms with Crippen molar-refractivity contribution in [1.29, 1.82) is 5.26 Å². The van der Waals surface area contributed by atoms with Crippen LogP contribution in [0.3, 0.4) is 0 Å². The van der Waals surface area contributed by atoms with E-state index in [1.54, 1.807) is 0 Å². The number of nitrogens with one attached hydrogen (secondary N) is 2. The largest absolute Gasteiger partial charge is 0.494 e. The van der Waals surface area contributed by atoms with Crippen molar-refractivity contribution in [3.8, 4) is 11.8 Å². The zero-order valence-electron chi connectivity index (χ0n) is 17.1. The van der Waals surface area contributed by atoms with Crippen LogP contribution in [-0.4, -0.2) is 12.5 Å². The van der Waals surface area contributed by atoms with E-state index in [2.05, 4.69) is 10.6 Å². The van der Waals surface area contributed by atoms with E-state index >= 15 is 0 Å². The molecule has 0 aliphatic carbocycles. The number of benzene rings is 2. The van der Waals surface area contributed by atoms with Crippen molar-refractivity contribution in [2.45, 2.75) is 40.7 Å². The molecule has 0 saturated carbocycles. The second-order valence-electron chi connectivity index (χ2n) is 6.75. The first-order chi connectivity index (χ1) is 13.4. The van der Waals surface area contributed by atoms with Gasteiger partial charge < -0.3 is 15.4 Å². The Kier molecular flexibility index (Phi) is 7.22. The number of ether oxygens (including phenoxy) is 1. The van der Waals surface area contributed by atoms with Crippen molar-refractivity contribution < 1.29 is 9.53 Å². The molecule has 5 heteroatoms. The monoisotopic (exact) mass is 377 g/mol. The molecule has 0 aliphatic rings. The van der Waals surface area contributed by atoms with Gasteiger partial charge >= 0.3 is 0 Å². The number of anilines is 1. The summed E-state index contributed by atoms with van der Waals surface area (Å²) < 4.78 is 5.67. The maximum absolute atomic E-state index is 12.6. The number of carbonyl (C=O) groups is 1. The Labute approximate surface area is 167 Å². The van der Waals surface area contributed by atoms with E-state index in [1.807, 2.05) is 77.1 Å². The van der Waals surface area contributed by atoms with Gasteiger partial charge in [-0.3, -0.25) is 4.79 Å². The normalized spacial score (nSPS) is 12.1. The van der Waals surface area contributed by atoms with Gasteiger partial charge in [-0.05, 0) is 51.8 Å². The van der Waals surface area contributed by atoms with Crippen LogP contribution in [0.5, 0.6) is 5.75 Å². The highest BCUT2D eigenvalue weighted by molar-refractivity contribution is 5.97. The van der Waals surface area contributed by atoms with Crippen LogP contribution < -0.4 is 15.4 Å². The Morgan fingerprint density at radius 1 is 1.21 bits per heavy atom. The summed E-state index contributed by atoms with van der Waals surface area (Å²) in [7, 11) is 0. The maximum Gasteiger partial charge on any atom is 0.263 e. The summed E-state index contributed by atoms with van der Waals surface area (Å²) in [5.41, 5.74) is 4.96. The smallest absolute Gasteiger partial charge is 0.263 e. The fourth-order valence-corrected chi connectivity index (χ4v) is 2.98. The van der Waals surface area contributed by atoms with E-state index in [1.165, 1.54) is 6.20 Å². The van der Waals surface area contributed by atoms with Crippen molar-refractivity contribution in [1.82, 2.24) is 5.32 Å². The molecule has 2 aromatic rings. The third-order valence-electron chi connectivity index (χ3n) is 4.49. The van der Waals surface area contributed by atoms with Crippen molar-refractivity contribution >= 4 is 11.6 Å². The molecule has 2 rings (SSSR count). The Morgan fingerprint density at radius 3 is 2.50 bits per heavy atom. The van der Waals surface area contributed by atoms with Crippen LogP contribution in [-0.2, 0) is 4.79 Å². The third kappa shape index (κ3) is 5.14. The molecular weight excluding hydrogens is 350 g/mol. The van der Waals surface area contributed by atoms with Gasteiger partial charge in [-0.25, -0.2) is 0 Å². The molecule has 1 unspecified atom stereocenters. The number of para-hydroxylation sites is 1. The first kappa shape index (κ1) is 21.0. The molecule has 0 heterocycles. The minimum atomic E-state index is -0.433. The molecule has 0 fully saturated rings. The summed E-state index contributed by atoms with van der Waals surface area (Å²) in [5.74, 6) is 0.301. The molecule has 1 atom stereocenters. The molecule has 0 aromatic heterocycles. The van der Waals surface area contributed by atoms with E-state index in [4.69, 9.17) is 4.74 Å². The molecule has 0 radical (unpaired) electrons. The predicted molar refractivity (Wildman–Crippen MR) is 112 cm³/mol. The molecule has 0 aliphatic heterocycles. The summed E-state index contributed by atoms with van der Waals surface area (Å²) in [6.45, 7) is 10.3. The fourth-order valence-electron chi connectivity index (χ4n) is 2.98. The zero-order valence-corrected chi connectivity index (χ0v) is 17.1. The zero-order chi connectivity index (χ0) is 20.7. The van der Waals surface area contributed by atoms with Gasteiger partial charge in [0.1, 0.15) is 17.4 Å². The van der Waals surface area contributed by atoms with Crippen LogP contribution in [0, 0.1) is 32.1 Å². The van der Waals surface area contributed by atoms with Crippen molar-refractivity contribution in [3.63, 3.8) is 0 Å². The summed E-state index contributed by atoms with van der Waals surface area (Å²) in [6, 6.07) is 13.5. The number of amides is 1. The number of aryl methyl sites for hydroxylation is 3. The molecule has 28 heavy (non-hydrogen) atoms. The van der Waals surface area contributed by atoms with Gasteiger partial charge in [0, 0.05) is 17.5 Å². The summed E-state index contributed by atoms with van der Waals surface area (Å²) in [5, 5.41) is 15.4. The van der Waals surface area contributed by atoms with Gasteiger partial charge in [0.15, 0.2) is 0 Å². The van der Waals surface area contributed by atoms with Gasteiger partial charge in [0.25, 0.3) is 5.91 Å². The van der Waals surface area contributed by atoms with E-state index in [0.717, 1.165) is 33.7 Å². The van der Waals surface area contributed by atoms with Crippen LogP contribution in [0.25, 0.3) is 0 Å². The Balaban J connectivity index is 2.18. The highest BCUT2D eigenvalue weighted by Crippen LogP contribution is 2.27. The SMILES string of the molecule is CCOc1ccc(C)cc1C(C)NC(=O)/C(C#N)=C\Nc1c(C)cccc1C. The second-order valence-corrected chi connectivity index (χ2v) is 6.75. The summed E-state index contributed by atoms with van der Waals surface area (Å²) >= 11 is 0. The van der Waals surface area contributed by atoms with Crippen LogP contribution >= 0.6 is 0 Å². The van der Waals surface area contributed by atoms with Crippen LogP contribution in [0.15, 0.2) is 48.2 Å². The quantitative estimate of drug-likeness (QED) is 0.541. The summed E-state index contributed by atoms with van der Waals surface area (Å²) in [6.07, 6.45) is 1.46. The van der Waals surface area contributed by atoms with Gasteiger partial charge in [0.05, 0.1) is 12.6 Å². The minimum absolute atomic E-state index is 0.0140. The Bertz CT molecular complexity index is 906. The lowest BCUT2D eigenvalue weighted by Crippen LogP contribution is -2.28. The van der Waals surface area contributed by atoms with E-state index in [-0.39, 0.29) is 11.6 Å². The average Bonchev–Trinajstić information content (AvgIpc) is 2.65. The van der Waals surface area contributed by atoms with Crippen molar-refractivity contribution in [2.24, 2.45) is 0 Å². The van der Waals surface area contributed by atoms with E-state index in [0.29, 0.717) is 6.61 Å². The molecule has 2 aromatic carbocycles. The molecule has 0 bridgehead atoms. The van der Waals surface area contributed by atoms with Gasteiger partial charge in [-0.15, -0.1) is 0 Å². The molecule has 0 saturated heterocycles. The van der Waals surface area contributed by atoms with Gasteiger partial charge in [-0.2, -0.15) is 5.26 Å². The first-order valence-corrected chi connectivity index (χ1v) is 9.34. The van der Waals surface area contributed by atoms with E-state index < -0.39 is 5.91 Å². The number of nitrogens with zero attached hydrogens (tertiary/aromatic N) is 1. The van der Waals surface area contributed by atoms with E-state index in [9.17, 15) is 10.1 Å². The lowest BCUT2D eigenvalue weighted by Gasteiger charge is -2.18. The standard InChI is InChI=1S/C23H27N3O2/c1-6-28-21-11-10-15(2)12-20(21)18(5)26-23(27)19(13-24)14-25-22-16(3)8-7-9-17(22)4/h7-12,14,18,25H,6H2,1-5H3,(H,26,27)/b19-14-. The topological polar surface area (TPSA) is 74.1 Å². The number of carbonyl (C=O) groups excluding carboxylic acids is 1. The molecular formula is C23H27N3O2. The summed E-state index contributed by atoms with van der Waals surface area (Å²) in [4.78, 5) is 12.6. The van der Waals surface area contributed by atoms with Crippen LogP contribution in [0.1, 0.15) is 42.1 Å². The highest BCUT2D eigenvalue weighted by Gasteiger charge is 2.17. The lowest BCUT2D eigenvalue weighted by molar-refractivity contribution is -0.117. The fraction of sp³-hybridized carbons (Fsp3) is 0.304. The molecule has 1 amide bonds. The van der Waals surface area contributed by atoms with Crippen molar-refractivity contribution in [3.05, 3.63) is 70.4 Å². The highest BCUT2D eigenvalue weighted by atomic mass is 16.5. The van der Waals surface area contributed by atoms with Crippen LogP contribution in [0.2, 0.25) is 0 Å². The number of hydrogen-bond acceptors (Lipinski definition) is 4. The first-order valence-electron chi connectivity index (χ1n) is 9.34. The minimum Gasteiger partial charge on any atom is -0.494 e. The molecule has 5 nitrogen and oxygen atoms in total.